The topological polar surface area (TPSA) is 53.1 Å². The summed E-state index contributed by atoms with van der Waals surface area (Å²) in [6, 6.07) is 11.7. The molecule has 0 saturated carbocycles. The normalized spacial score (nSPS) is 21.2. The average molecular weight is 448 g/mol. The Morgan fingerprint density at radius 1 is 1.12 bits per heavy atom. The molecule has 33 heavy (non-hydrogen) atoms. The summed E-state index contributed by atoms with van der Waals surface area (Å²) in [7, 11) is 2.19. The summed E-state index contributed by atoms with van der Waals surface area (Å²) < 4.78 is 14.9. The quantitative estimate of drug-likeness (QED) is 0.547. The van der Waals surface area contributed by atoms with E-state index in [0.717, 1.165) is 61.2 Å². The lowest BCUT2D eigenvalue weighted by molar-refractivity contribution is 0.201. The smallest absolute Gasteiger partial charge is 0.146 e. The molecule has 174 valence electrons. The molecule has 2 aliphatic heterocycles. The van der Waals surface area contributed by atoms with Crippen LogP contribution < -0.4 is 10.6 Å². The first kappa shape index (κ1) is 22.2. The number of pyridine rings is 2. The number of likely N-dealkylation sites (tertiary alicyclic amines) is 1. The number of hydrogen-bond donors (Lipinski definition) is 2. The molecule has 5 rings (SSSR count). The summed E-state index contributed by atoms with van der Waals surface area (Å²) in [6.07, 6.45) is 6.49. The number of piperidine rings is 2. The summed E-state index contributed by atoms with van der Waals surface area (Å²) in [4.78, 5) is 11.9. The van der Waals surface area contributed by atoms with E-state index in [0.29, 0.717) is 29.3 Å². The number of anilines is 2. The highest BCUT2D eigenvalue weighted by Gasteiger charge is 2.24. The fourth-order valence-electron chi connectivity index (χ4n) is 5.29. The van der Waals surface area contributed by atoms with Gasteiger partial charge >= 0.3 is 0 Å². The van der Waals surface area contributed by atoms with E-state index in [1.807, 2.05) is 24.4 Å². The number of halogens is 1. The Balaban J connectivity index is 1.33. The van der Waals surface area contributed by atoms with Crippen LogP contribution in [0.5, 0.6) is 0 Å². The standard InChI is InChI=1S/C27H34FN5/c1-18(19-9-12-33(2)13-10-19)24-7-6-22-17-30-27(15-26(22)31-24)32-25-8-5-20(14-23(25)28)21-4-3-11-29-16-21/h5-8,14-15,17-19,21,29H,3-4,9-13,16H2,1-2H3,(H,30,32). The van der Waals surface area contributed by atoms with Crippen LogP contribution >= 0.6 is 0 Å². The number of nitrogens with one attached hydrogen (secondary N) is 2. The third kappa shape index (κ3) is 5.02. The Hall–Kier alpha value is -2.57. The summed E-state index contributed by atoms with van der Waals surface area (Å²) in [6.45, 7) is 6.58. The van der Waals surface area contributed by atoms with Gasteiger partial charge in [0.05, 0.1) is 11.2 Å². The summed E-state index contributed by atoms with van der Waals surface area (Å²) in [5, 5.41) is 7.57. The van der Waals surface area contributed by atoms with E-state index >= 15 is 0 Å². The van der Waals surface area contributed by atoms with Gasteiger partial charge in [-0.1, -0.05) is 13.0 Å². The predicted molar refractivity (Wildman–Crippen MR) is 133 cm³/mol. The molecule has 0 spiro atoms. The Kier molecular flexibility index (Phi) is 6.56. The molecule has 2 saturated heterocycles. The van der Waals surface area contributed by atoms with E-state index in [1.54, 1.807) is 6.07 Å². The van der Waals surface area contributed by atoms with E-state index < -0.39 is 0 Å². The van der Waals surface area contributed by atoms with Crippen molar-refractivity contribution in [2.24, 2.45) is 5.92 Å². The number of aromatic nitrogens is 2. The van der Waals surface area contributed by atoms with Crippen LogP contribution in [0.4, 0.5) is 15.9 Å². The van der Waals surface area contributed by atoms with Gasteiger partial charge in [-0.25, -0.2) is 9.37 Å². The fourth-order valence-corrected chi connectivity index (χ4v) is 5.29. The van der Waals surface area contributed by atoms with E-state index in [9.17, 15) is 4.39 Å². The number of hydrogen-bond acceptors (Lipinski definition) is 5. The van der Waals surface area contributed by atoms with Gasteiger partial charge < -0.3 is 15.5 Å². The Bertz CT molecular complexity index is 1100. The van der Waals surface area contributed by atoms with Crippen LogP contribution in [0.2, 0.25) is 0 Å². The van der Waals surface area contributed by atoms with Crippen LogP contribution in [0, 0.1) is 11.7 Å². The highest BCUT2D eigenvalue weighted by Crippen LogP contribution is 2.32. The van der Waals surface area contributed by atoms with E-state index in [-0.39, 0.29) is 5.82 Å². The fraction of sp³-hybridized carbons (Fsp3) is 0.481. The van der Waals surface area contributed by atoms with Gasteiger partial charge in [0.25, 0.3) is 0 Å². The van der Waals surface area contributed by atoms with Crippen molar-refractivity contribution in [3.05, 3.63) is 59.7 Å². The first-order valence-corrected chi connectivity index (χ1v) is 12.3. The molecule has 3 aromatic rings. The zero-order chi connectivity index (χ0) is 22.8. The molecule has 2 fully saturated rings. The molecule has 4 heterocycles. The summed E-state index contributed by atoms with van der Waals surface area (Å²) in [5.74, 6) is 1.85. The van der Waals surface area contributed by atoms with E-state index in [2.05, 4.69) is 46.6 Å². The Labute approximate surface area is 195 Å². The average Bonchev–Trinajstić information content (AvgIpc) is 2.85. The maximum Gasteiger partial charge on any atom is 0.146 e. The molecule has 2 atom stereocenters. The minimum absolute atomic E-state index is 0.238. The zero-order valence-electron chi connectivity index (χ0n) is 19.6. The third-order valence-corrected chi connectivity index (χ3v) is 7.56. The second kappa shape index (κ2) is 9.74. The monoisotopic (exact) mass is 447 g/mol. The molecule has 5 nitrogen and oxygen atoms in total. The van der Waals surface area contributed by atoms with Crippen LogP contribution in [0.3, 0.4) is 0 Å². The van der Waals surface area contributed by atoms with Crippen molar-refractivity contribution in [2.45, 2.75) is 44.4 Å². The molecule has 0 radical (unpaired) electrons. The molecule has 2 N–H and O–H groups in total. The molecule has 0 aliphatic carbocycles. The number of benzene rings is 1. The van der Waals surface area contributed by atoms with Crippen molar-refractivity contribution in [1.29, 1.82) is 0 Å². The van der Waals surface area contributed by atoms with Crippen molar-refractivity contribution >= 4 is 22.4 Å². The van der Waals surface area contributed by atoms with Crippen LogP contribution in [-0.4, -0.2) is 48.1 Å². The van der Waals surface area contributed by atoms with Gasteiger partial charge in [-0.3, -0.25) is 4.98 Å². The molecule has 1 aromatic carbocycles. The zero-order valence-corrected chi connectivity index (χ0v) is 19.6. The summed E-state index contributed by atoms with van der Waals surface area (Å²) >= 11 is 0. The van der Waals surface area contributed by atoms with Gasteiger partial charge in [0.2, 0.25) is 0 Å². The second-order valence-corrected chi connectivity index (χ2v) is 9.84. The van der Waals surface area contributed by atoms with Crippen molar-refractivity contribution in [1.82, 2.24) is 20.2 Å². The highest BCUT2D eigenvalue weighted by atomic mass is 19.1. The molecular formula is C27H34FN5. The molecular weight excluding hydrogens is 413 g/mol. The maximum atomic E-state index is 14.9. The molecule has 2 aromatic heterocycles. The summed E-state index contributed by atoms with van der Waals surface area (Å²) in [5.41, 5.74) is 3.54. The Morgan fingerprint density at radius 2 is 1.97 bits per heavy atom. The lowest BCUT2D eigenvalue weighted by Gasteiger charge is -2.32. The van der Waals surface area contributed by atoms with Gasteiger partial charge in [-0.15, -0.1) is 0 Å². The second-order valence-electron chi connectivity index (χ2n) is 9.84. The first-order chi connectivity index (χ1) is 16.1. The first-order valence-electron chi connectivity index (χ1n) is 12.3. The SMILES string of the molecule is CC(c1ccc2cnc(Nc3ccc(C4CCCNC4)cc3F)cc2n1)C1CCN(C)CC1. The number of rotatable bonds is 5. The van der Waals surface area contributed by atoms with Crippen LogP contribution in [0.25, 0.3) is 10.9 Å². The van der Waals surface area contributed by atoms with Gasteiger partial charge in [0.1, 0.15) is 11.6 Å². The van der Waals surface area contributed by atoms with Crippen molar-refractivity contribution < 1.29 is 4.39 Å². The van der Waals surface area contributed by atoms with Gasteiger partial charge in [-0.2, -0.15) is 0 Å². The largest absolute Gasteiger partial charge is 0.338 e. The minimum Gasteiger partial charge on any atom is -0.338 e. The van der Waals surface area contributed by atoms with Gasteiger partial charge in [0, 0.05) is 35.8 Å². The maximum absolute atomic E-state index is 14.9. The van der Waals surface area contributed by atoms with Crippen molar-refractivity contribution in [3.8, 4) is 0 Å². The lowest BCUT2D eigenvalue weighted by atomic mass is 9.83. The van der Waals surface area contributed by atoms with Gasteiger partial charge in [0.15, 0.2) is 0 Å². The molecule has 0 amide bonds. The molecule has 0 bridgehead atoms. The molecule has 2 unspecified atom stereocenters. The molecule has 6 heteroatoms. The van der Waals surface area contributed by atoms with Crippen molar-refractivity contribution in [2.75, 3.05) is 38.5 Å². The third-order valence-electron chi connectivity index (χ3n) is 7.56. The van der Waals surface area contributed by atoms with E-state index in [4.69, 9.17) is 4.98 Å². The van der Waals surface area contributed by atoms with Gasteiger partial charge in [-0.05, 0) is 94.0 Å². The van der Waals surface area contributed by atoms with Crippen LogP contribution in [-0.2, 0) is 0 Å². The van der Waals surface area contributed by atoms with E-state index in [1.165, 1.54) is 12.8 Å². The van der Waals surface area contributed by atoms with Crippen LogP contribution in [0.1, 0.15) is 55.7 Å². The van der Waals surface area contributed by atoms with Crippen LogP contribution in [0.15, 0.2) is 42.6 Å². The minimum atomic E-state index is -0.238. The Morgan fingerprint density at radius 3 is 2.73 bits per heavy atom. The number of nitrogens with zero attached hydrogens (tertiary/aromatic N) is 3. The van der Waals surface area contributed by atoms with Crippen molar-refractivity contribution in [3.63, 3.8) is 0 Å². The highest BCUT2D eigenvalue weighted by molar-refractivity contribution is 5.81. The predicted octanol–water partition coefficient (Wildman–Crippen LogP) is 5.42. The lowest BCUT2D eigenvalue weighted by Crippen LogP contribution is -2.32. The molecule has 2 aliphatic rings. The number of fused-ring (bicyclic) bond motifs is 1.